The molecule has 1 aromatic carbocycles. The van der Waals surface area contributed by atoms with E-state index in [4.69, 9.17) is 9.26 Å². The Bertz CT molecular complexity index is 513. The highest BCUT2D eigenvalue weighted by molar-refractivity contribution is 5.48. The van der Waals surface area contributed by atoms with Crippen molar-refractivity contribution in [3.8, 4) is 5.75 Å². The van der Waals surface area contributed by atoms with E-state index in [2.05, 4.69) is 15.5 Å². The molecule has 0 amide bonds. The zero-order chi connectivity index (χ0) is 12.3. The molecule has 6 heteroatoms. The maximum Gasteiger partial charge on any atom is 0.223 e. The second-order valence-corrected chi connectivity index (χ2v) is 3.43. The van der Waals surface area contributed by atoms with E-state index in [-0.39, 0.29) is 5.75 Å². The number of aryl methyl sites for hydroxylation is 1. The molecular formula is C11H12FN3O2. The smallest absolute Gasteiger partial charge is 0.223 e. The summed E-state index contributed by atoms with van der Waals surface area (Å²) in [5.41, 5.74) is 0.728. The zero-order valence-corrected chi connectivity index (χ0v) is 9.53. The average Bonchev–Trinajstić information content (AvgIpc) is 2.74. The van der Waals surface area contributed by atoms with Crippen molar-refractivity contribution < 1.29 is 13.7 Å². The minimum atomic E-state index is -0.395. The van der Waals surface area contributed by atoms with Crippen LogP contribution in [0.3, 0.4) is 0 Å². The van der Waals surface area contributed by atoms with Crippen LogP contribution in [-0.2, 0) is 6.54 Å². The molecule has 0 radical (unpaired) electrons. The molecule has 0 saturated carbocycles. The molecule has 0 atom stereocenters. The number of anilines is 1. The van der Waals surface area contributed by atoms with Crippen molar-refractivity contribution in [2.75, 3.05) is 12.4 Å². The lowest BCUT2D eigenvalue weighted by molar-refractivity contribution is 0.386. The van der Waals surface area contributed by atoms with Crippen molar-refractivity contribution in [2.24, 2.45) is 0 Å². The van der Waals surface area contributed by atoms with Gasteiger partial charge in [0, 0.05) is 18.7 Å². The third kappa shape index (κ3) is 2.72. The molecule has 2 rings (SSSR count). The third-order valence-corrected chi connectivity index (χ3v) is 2.17. The predicted octanol–water partition coefficient (Wildman–Crippen LogP) is 2.14. The minimum Gasteiger partial charge on any atom is -0.494 e. The van der Waals surface area contributed by atoms with Gasteiger partial charge in [0.05, 0.1) is 13.7 Å². The Balaban J connectivity index is 2.04. The summed E-state index contributed by atoms with van der Waals surface area (Å²) in [6.07, 6.45) is 0. The number of hydrogen-bond acceptors (Lipinski definition) is 5. The molecule has 0 unspecified atom stereocenters. The van der Waals surface area contributed by atoms with Crippen molar-refractivity contribution in [3.63, 3.8) is 0 Å². The van der Waals surface area contributed by atoms with Crippen molar-refractivity contribution in [1.82, 2.24) is 10.1 Å². The molecule has 0 aliphatic heterocycles. The molecule has 0 spiro atoms. The molecular weight excluding hydrogens is 225 g/mol. The van der Waals surface area contributed by atoms with Gasteiger partial charge in [-0.2, -0.15) is 4.98 Å². The first kappa shape index (κ1) is 11.4. The molecule has 5 nitrogen and oxygen atoms in total. The lowest BCUT2D eigenvalue weighted by atomic mass is 10.3. The van der Waals surface area contributed by atoms with Crippen molar-refractivity contribution in [2.45, 2.75) is 13.5 Å². The largest absolute Gasteiger partial charge is 0.494 e. The number of ether oxygens (including phenoxy) is 1. The fourth-order valence-electron chi connectivity index (χ4n) is 1.36. The highest BCUT2D eigenvalue weighted by atomic mass is 19.1. The molecule has 0 bridgehead atoms. The fourth-order valence-corrected chi connectivity index (χ4v) is 1.36. The van der Waals surface area contributed by atoms with E-state index in [0.717, 1.165) is 5.69 Å². The summed E-state index contributed by atoms with van der Waals surface area (Å²) in [7, 11) is 1.42. The van der Waals surface area contributed by atoms with Gasteiger partial charge in [-0.3, -0.25) is 0 Å². The molecule has 0 aliphatic rings. The van der Waals surface area contributed by atoms with Crippen molar-refractivity contribution in [1.29, 1.82) is 0 Å². The number of benzene rings is 1. The second kappa shape index (κ2) is 4.82. The normalized spacial score (nSPS) is 10.3. The Morgan fingerprint density at radius 1 is 1.47 bits per heavy atom. The van der Waals surface area contributed by atoms with Crippen LogP contribution in [0, 0.1) is 12.7 Å². The summed E-state index contributed by atoms with van der Waals surface area (Å²) in [4.78, 5) is 4.04. The van der Waals surface area contributed by atoms with Crippen LogP contribution in [0.4, 0.5) is 10.1 Å². The number of halogens is 1. The zero-order valence-electron chi connectivity index (χ0n) is 9.53. The molecule has 1 aromatic heterocycles. The Kier molecular flexibility index (Phi) is 3.22. The van der Waals surface area contributed by atoms with Gasteiger partial charge in [0.1, 0.15) is 0 Å². The summed E-state index contributed by atoms with van der Waals surface area (Å²) in [6.45, 7) is 2.13. The molecule has 0 fully saturated rings. The lowest BCUT2D eigenvalue weighted by Gasteiger charge is -2.06. The summed E-state index contributed by atoms with van der Waals surface area (Å²) >= 11 is 0. The Morgan fingerprint density at radius 2 is 2.29 bits per heavy atom. The van der Waals surface area contributed by atoms with Crippen LogP contribution < -0.4 is 10.1 Å². The number of methoxy groups -OCH3 is 1. The average molecular weight is 237 g/mol. The van der Waals surface area contributed by atoms with Gasteiger partial charge in [0.15, 0.2) is 17.4 Å². The highest BCUT2D eigenvalue weighted by Gasteiger charge is 2.05. The molecule has 0 saturated heterocycles. The number of hydrogen-bond donors (Lipinski definition) is 1. The van der Waals surface area contributed by atoms with E-state index >= 15 is 0 Å². The van der Waals surface area contributed by atoms with Crippen LogP contribution in [0.2, 0.25) is 0 Å². The maximum atomic E-state index is 13.1. The molecule has 1 heterocycles. The number of aromatic nitrogens is 2. The van der Waals surface area contributed by atoms with Gasteiger partial charge in [-0.1, -0.05) is 5.16 Å². The molecule has 17 heavy (non-hydrogen) atoms. The summed E-state index contributed by atoms with van der Waals surface area (Å²) in [5.74, 6) is 0.858. The minimum absolute atomic E-state index is 0.194. The van der Waals surface area contributed by atoms with Crippen molar-refractivity contribution >= 4 is 5.69 Å². The third-order valence-electron chi connectivity index (χ3n) is 2.17. The van der Waals surface area contributed by atoms with Gasteiger partial charge in [0.25, 0.3) is 0 Å². The van der Waals surface area contributed by atoms with Crippen LogP contribution in [-0.4, -0.2) is 17.3 Å². The molecule has 2 aromatic rings. The van der Waals surface area contributed by atoms with Gasteiger partial charge < -0.3 is 14.6 Å². The van der Waals surface area contributed by atoms with Crippen LogP contribution in [0.25, 0.3) is 0 Å². The number of rotatable bonds is 4. The van der Waals surface area contributed by atoms with Gasteiger partial charge in [-0.15, -0.1) is 0 Å². The standard InChI is InChI=1S/C11H12FN3O2/c1-7-14-11(15-17-7)6-13-8-3-4-9(12)10(5-8)16-2/h3-5,13H,6H2,1-2H3. The monoisotopic (exact) mass is 237 g/mol. The summed E-state index contributed by atoms with van der Waals surface area (Å²) < 4.78 is 22.9. The SMILES string of the molecule is COc1cc(NCc2noc(C)n2)ccc1F. The van der Waals surface area contributed by atoms with Crippen LogP contribution >= 0.6 is 0 Å². The van der Waals surface area contributed by atoms with Crippen LogP contribution in [0.15, 0.2) is 22.7 Å². The maximum absolute atomic E-state index is 13.1. The lowest BCUT2D eigenvalue weighted by Crippen LogP contribution is -2.01. The van der Waals surface area contributed by atoms with Crippen LogP contribution in [0.5, 0.6) is 5.75 Å². The molecule has 1 N–H and O–H groups in total. The topological polar surface area (TPSA) is 60.2 Å². The number of nitrogens with zero attached hydrogens (tertiary/aromatic N) is 2. The highest BCUT2D eigenvalue weighted by Crippen LogP contribution is 2.21. The van der Waals surface area contributed by atoms with E-state index in [1.54, 1.807) is 19.1 Å². The van der Waals surface area contributed by atoms with Gasteiger partial charge in [0.2, 0.25) is 5.89 Å². The van der Waals surface area contributed by atoms with Crippen molar-refractivity contribution in [3.05, 3.63) is 35.7 Å². The molecule has 90 valence electrons. The second-order valence-electron chi connectivity index (χ2n) is 3.43. The first-order chi connectivity index (χ1) is 8.19. The van der Waals surface area contributed by atoms with Gasteiger partial charge in [-0.05, 0) is 12.1 Å². The Morgan fingerprint density at radius 3 is 2.94 bits per heavy atom. The Hall–Kier alpha value is -2.11. The van der Waals surface area contributed by atoms with E-state index in [1.165, 1.54) is 13.2 Å². The molecule has 0 aliphatic carbocycles. The number of nitrogens with one attached hydrogen (secondary N) is 1. The van der Waals surface area contributed by atoms with Gasteiger partial charge in [-0.25, -0.2) is 4.39 Å². The fraction of sp³-hybridized carbons (Fsp3) is 0.273. The van der Waals surface area contributed by atoms with Gasteiger partial charge >= 0.3 is 0 Å². The van der Waals surface area contributed by atoms with E-state index in [9.17, 15) is 4.39 Å². The quantitative estimate of drug-likeness (QED) is 0.882. The first-order valence-electron chi connectivity index (χ1n) is 5.05. The predicted molar refractivity (Wildman–Crippen MR) is 59.3 cm³/mol. The van der Waals surface area contributed by atoms with Crippen LogP contribution in [0.1, 0.15) is 11.7 Å². The summed E-state index contributed by atoms with van der Waals surface area (Å²) in [5, 5.41) is 6.78. The first-order valence-corrected chi connectivity index (χ1v) is 5.05. The Labute approximate surface area is 97.6 Å². The van der Waals surface area contributed by atoms with E-state index in [1.807, 2.05) is 0 Å². The van der Waals surface area contributed by atoms with E-state index < -0.39 is 5.82 Å². The summed E-state index contributed by atoms with van der Waals surface area (Å²) in [6, 6.07) is 4.52. The van der Waals surface area contributed by atoms with E-state index in [0.29, 0.717) is 18.3 Å².